The summed E-state index contributed by atoms with van der Waals surface area (Å²) in [5, 5.41) is 0. The predicted molar refractivity (Wildman–Crippen MR) is 63.1 cm³/mol. The van der Waals surface area contributed by atoms with Crippen LogP contribution in [0.2, 0.25) is 0 Å². The van der Waals surface area contributed by atoms with Gasteiger partial charge in [-0.05, 0) is 6.07 Å². The van der Waals surface area contributed by atoms with Gasteiger partial charge in [0.15, 0.2) is 0 Å². The maximum Gasteiger partial charge on any atom is 0.223 e. The summed E-state index contributed by atoms with van der Waals surface area (Å²) in [6.07, 6.45) is 0.381. The summed E-state index contributed by atoms with van der Waals surface area (Å²) in [6.45, 7) is 0.929. The van der Waals surface area contributed by atoms with Crippen LogP contribution < -0.4 is 10.5 Å². The lowest BCUT2D eigenvalue weighted by Crippen LogP contribution is -2.28. The number of amides is 1. The van der Waals surface area contributed by atoms with Crippen LogP contribution in [0.25, 0.3) is 0 Å². The number of hydrogen-bond acceptors (Lipinski definition) is 3. The lowest BCUT2D eigenvalue weighted by Gasteiger charge is -2.18. The average molecular weight is 222 g/mol. The molecule has 4 nitrogen and oxygen atoms in total. The molecule has 1 aromatic rings. The first kappa shape index (κ1) is 12.5. The van der Waals surface area contributed by atoms with Crippen LogP contribution in [0.1, 0.15) is 12.0 Å². The summed E-state index contributed by atoms with van der Waals surface area (Å²) in [6, 6.07) is 7.67. The molecule has 0 aromatic heterocycles. The van der Waals surface area contributed by atoms with Crippen molar-refractivity contribution >= 4 is 5.91 Å². The summed E-state index contributed by atoms with van der Waals surface area (Å²) in [5.41, 5.74) is 6.34. The van der Waals surface area contributed by atoms with Crippen molar-refractivity contribution in [1.29, 1.82) is 0 Å². The van der Waals surface area contributed by atoms with E-state index in [0.29, 0.717) is 19.5 Å². The van der Waals surface area contributed by atoms with E-state index < -0.39 is 0 Å². The van der Waals surface area contributed by atoms with Crippen LogP contribution in [0.3, 0.4) is 0 Å². The fraction of sp³-hybridized carbons (Fsp3) is 0.417. The molecule has 1 aromatic carbocycles. The van der Waals surface area contributed by atoms with Gasteiger partial charge in [0.25, 0.3) is 0 Å². The second kappa shape index (κ2) is 6.12. The van der Waals surface area contributed by atoms with Crippen LogP contribution in [-0.4, -0.2) is 31.5 Å². The average Bonchev–Trinajstić information content (AvgIpc) is 2.30. The Morgan fingerprint density at radius 2 is 2.12 bits per heavy atom. The normalized spacial score (nSPS) is 9.94. The van der Waals surface area contributed by atoms with E-state index >= 15 is 0 Å². The van der Waals surface area contributed by atoms with Crippen molar-refractivity contribution in [2.45, 2.75) is 13.0 Å². The largest absolute Gasteiger partial charge is 0.496 e. The molecule has 0 unspecified atom stereocenters. The zero-order chi connectivity index (χ0) is 12.0. The van der Waals surface area contributed by atoms with Gasteiger partial charge in [-0.15, -0.1) is 0 Å². The quantitative estimate of drug-likeness (QED) is 0.808. The molecule has 0 aliphatic carbocycles. The summed E-state index contributed by atoms with van der Waals surface area (Å²) < 4.78 is 5.22. The van der Waals surface area contributed by atoms with E-state index in [0.717, 1.165) is 11.3 Å². The summed E-state index contributed by atoms with van der Waals surface area (Å²) in [7, 11) is 3.39. The number of carbonyl (C=O) groups excluding carboxylic acids is 1. The highest BCUT2D eigenvalue weighted by atomic mass is 16.5. The lowest BCUT2D eigenvalue weighted by atomic mass is 10.2. The molecule has 0 heterocycles. The van der Waals surface area contributed by atoms with Crippen LogP contribution in [0.4, 0.5) is 0 Å². The highest BCUT2D eigenvalue weighted by Crippen LogP contribution is 2.18. The molecule has 0 fully saturated rings. The Bertz CT molecular complexity index is 353. The van der Waals surface area contributed by atoms with Gasteiger partial charge in [0.05, 0.1) is 7.11 Å². The van der Waals surface area contributed by atoms with E-state index in [1.54, 1.807) is 19.1 Å². The Morgan fingerprint density at radius 3 is 2.75 bits per heavy atom. The third-order valence-corrected chi connectivity index (χ3v) is 2.38. The molecule has 1 amide bonds. The Hall–Kier alpha value is -1.55. The summed E-state index contributed by atoms with van der Waals surface area (Å²) >= 11 is 0. The molecular formula is C12H18N2O2. The molecular weight excluding hydrogens is 204 g/mol. The smallest absolute Gasteiger partial charge is 0.223 e. The minimum atomic E-state index is 0.0495. The summed E-state index contributed by atoms with van der Waals surface area (Å²) in [4.78, 5) is 13.2. The number of para-hydroxylation sites is 1. The predicted octanol–water partition coefficient (Wildman–Crippen LogP) is 1.00. The minimum absolute atomic E-state index is 0.0495. The van der Waals surface area contributed by atoms with Crippen molar-refractivity contribution in [3.05, 3.63) is 29.8 Å². The van der Waals surface area contributed by atoms with Gasteiger partial charge in [0, 0.05) is 32.1 Å². The van der Waals surface area contributed by atoms with Gasteiger partial charge in [-0.25, -0.2) is 0 Å². The number of ether oxygens (including phenoxy) is 1. The molecule has 0 spiro atoms. The van der Waals surface area contributed by atoms with Crippen LogP contribution in [0.15, 0.2) is 24.3 Å². The van der Waals surface area contributed by atoms with E-state index in [1.165, 1.54) is 0 Å². The molecule has 2 N–H and O–H groups in total. The number of methoxy groups -OCH3 is 1. The van der Waals surface area contributed by atoms with Crippen LogP contribution in [-0.2, 0) is 11.3 Å². The Balaban J connectivity index is 2.68. The summed E-state index contributed by atoms with van der Waals surface area (Å²) in [5.74, 6) is 0.850. The van der Waals surface area contributed by atoms with Crippen molar-refractivity contribution in [1.82, 2.24) is 4.90 Å². The zero-order valence-corrected chi connectivity index (χ0v) is 9.77. The van der Waals surface area contributed by atoms with E-state index in [4.69, 9.17) is 10.5 Å². The zero-order valence-electron chi connectivity index (χ0n) is 9.77. The molecule has 16 heavy (non-hydrogen) atoms. The van der Waals surface area contributed by atoms with Gasteiger partial charge in [-0.2, -0.15) is 0 Å². The molecule has 4 heteroatoms. The number of benzene rings is 1. The fourth-order valence-corrected chi connectivity index (χ4v) is 1.49. The first-order valence-electron chi connectivity index (χ1n) is 5.25. The van der Waals surface area contributed by atoms with Crippen LogP contribution in [0, 0.1) is 0 Å². The second-order valence-electron chi connectivity index (χ2n) is 3.60. The van der Waals surface area contributed by atoms with Crippen molar-refractivity contribution < 1.29 is 9.53 Å². The maximum absolute atomic E-state index is 11.6. The van der Waals surface area contributed by atoms with E-state index in [-0.39, 0.29) is 5.91 Å². The third kappa shape index (κ3) is 3.24. The van der Waals surface area contributed by atoms with Gasteiger partial charge < -0.3 is 15.4 Å². The molecule has 0 saturated heterocycles. The number of nitrogens with zero attached hydrogens (tertiary/aromatic N) is 1. The Labute approximate surface area is 96.0 Å². The van der Waals surface area contributed by atoms with Crippen LogP contribution >= 0.6 is 0 Å². The highest BCUT2D eigenvalue weighted by molar-refractivity contribution is 5.76. The molecule has 88 valence electrons. The maximum atomic E-state index is 11.6. The van der Waals surface area contributed by atoms with Gasteiger partial charge >= 0.3 is 0 Å². The molecule has 0 radical (unpaired) electrons. The fourth-order valence-electron chi connectivity index (χ4n) is 1.49. The molecule has 0 saturated carbocycles. The van der Waals surface area contributed by atoms with Crippen molar-refractivity contribution in [2.24, 2.45) is 5.73 Å². The number of carbonyl (C=O) groups is 1. The SMILES string of the molecule is COc1ccccc1CN(C)C(=O)CCN. The van der Waals surface area contributed by atoms with E-state index in [2.05, 4.69) is 0 Å². The number of hydrogen-bond donors (Lipinski definition) is 1. The van der Waals surface area contributed by atoms with Gasteiger partial charge in [0.1, 0.15) is 5.75 Å². The van der Waals surface area contributed by atoms with Crippen LogP contribution in [0.5, 0.6) is 5.75 Å². The molecule has 0 aliphatic rings. The second-order valence-corrected chi connectivity index (χ2v) is 3.60. The number of rotatable bonds is 5. The highest BCUT2D eigenvalue weighted by Gasteiger charge is 2.10. The monoisotopic (exact) mass is 222 g/mol. The number of nitrogens with two attached hydrogens (primary N) is 1. The third-order valence-electron chi connectivity index (χ3n) is 2.38. The Kier molecular flexibility index (Phi) is 4.79. The van der Waals surface area contributed by atoms with Crippen molar-refractivity contribution in [2.75, 3.05) is 20.7 Å². The van der Waals surface area contributed by atoms with Gasteiger partial charge in [-0.3, -0.25) is 4.79 Å². The van der Waals surface area contributed by atoms with Gasteiger partial charge in [-0.1, -0.05) is 18.2 Å². The Morgan fingerprint density at radius 1 is 1.44 bits per heavy atom. The van der Waals surface area contributed by atoms with E-state index in [9.17, 15) is 4.79 Å². The molecule has 0 atom stereocenters. The molecule has 0 bridgehead atoms. The standard InChI is InChI=1S/C12H18N2O2/c1-14(12(15)7-8-13)9-10-5-3-4-6-11(10)16-2/h3-6H,7-9,13H2,1-2H3. The topological polar surface area (TPSA) is 55.6 Å². The van der Waals surface area contributed by atoms with Crippen molar-refractivity contribution in [3.8, 4) is 5.75 Å². The molecule has 1 rings (SSSR count). The minimum Gasteiger partial charge on any atom is -0.496 e. The van der Waals surface area contributed by atoms with E-state index in [1.807, 2.05) is 24.3 Å². The molecule has 0 aliphatic heterocycles. The first-order valence-corrected chi connectivity index (χ1v) is 5.25. The first-order chi connectivity index (χ1) is 7.69. The van der Waals surface area contributed by atoms with Crippen molar-refractivity contribution in [3.63, 3.8) is 0 Å². The van der Waals surface area contributed by atoms with Gasteiger partial charge in [0.2, 0.25) is 5.91 Å². The lowest BCUT2D eigenvalue weighted by molar-refractivity contribution is -0.130.